The van der Waals surface area contributed by atoms with Gasteiger partial charge >= 0.3 is 6.09 Å². The van der Waals surface area contributed by atoms with Gasteiger partial charge in [-0.25, -0.2) is 13.6 Å². The van der Waals surface area contributed by atoms with Gasteiger partial charge in [-0.2, -0.15) is 0 Å². The molecule has 0 aromatic rings. The number of halogens is 2. The van der Waals surface area contributed by atoms with Gasteiger partial charge in [-0.15, -0.1) is 0 Å². The van der Waals surface area contributed by atoms with Crippen molar-refractivity contribution in [2.24, 2.45) is 0 Å². The van der Waals surface area contributed by atoms with Crippen LogP contribution < -0.4 is 0 Å². The van der Waals surface area contributed by atoms with E-state index in [1.54, 1.807) is 0 Å². The first kappa shape index (κ1) is 11.1. The number of amides is 1. The molecule has 0 radical (unpaired) electrons. The number of carboxylic acid groups (broad SMARTS) is 1. The highest BCUT2D eigenvalue weighted by atomic mass is 19.3. The summed E-state index contributed by atoms with van der Waals surface area (Å²) in [5, 5.41) is 16.5. The van der Waals surface area contributed by atoms with E-state index in [4.69, 9.17) is 10.2 Å². The maximum absolute atomic E-state index is 12.6. The van der Waals surface area contributed by atoms with E-state index in [-0.39, 0.29) is 0 Å². The molecule has 0 heterocycles. The van der Waals surface area contributed by atoms with Crippen LogP contribution in [0.1, 0.15) is 6.42 Å². The zero-order valence-corrected chi connectivity index (χ0v) is 6.63. The molecule has 0 bridgehead atoms. The predicted molar refractivity (Wildman–Crippen MR) is 37.3 cm³/mol. The SMILES string of the molecule is CN(CC(F)(F)CCO)C(=O)O. The van der Waals surface area contributed by atoms with Gasteiger partial charge in [-0.3, -0.25) is 0 Å². The molecule has 0 unspecified atom stereocenters. The van der Waals surface area contributed by atoms with Gasteiger partial charge in [0.2, 0.25) is 0 Å². The maximum Gasteiger partial charge on any atom is 0.407 e. The highest BCUT2D eigenvalue weighted by Gasteiger charge is 2.31. The zero-order valence-electron chi connectivity index (χ0n) is 6.63. The molecule has 0 fully saturated rings. The normalized spacial score (nSPS) is 11.3. The second-order valence-electron chi connectivity index (χ2n) is 2.47. The topological polar surface area (TPSA) is 60.8 Å². The Bertz CT molecular complexity index is 163. The van der Waals surface area contributed by atoms with Crippen molar-refractivity contribution in [2.45, 2.75) is 12.3 Å². The summed E-state index contributed by atoms with van der Waals surface area (Å²) in [4.78, 5) is 10.6. The minimum atomic E-state index is -3.15. The number of carbonyl (C=O) groups is 1. The average Bonchev–Trinajstić information content (AvgIpc) is 1.85. The minimum absolute atomic E-state index is 0.482. The molecule has 0 aromatic carbocycles. The van der Waals surface area contributed by atoms with Crippen LogP contribution in [0.15, 0.2) is 0 Å². The third-order valence-electron chi connectivity index (χ3n) is 1.27. The predicted octanol–water partition coefficient (Wildman–Crippen LogP) is 0.614. The molecule has 0 aliphatic rings. The standard InChI is InChI=1S/C6H11F2NO3/c1-9(5(11)12)4-6(7,8)2-3-10/h10H,2-4H2,1H3,(H,11,12). The van der Waals surface area contributed by atoms with E-state index in [2.05, 4.69) is 0 Å². The minimum Gasteiger partial charge on any atom is -0.465 e. The van der Waals surface area contributed by atoms with E-state index in [1.807, 2.05) is 0 Å². The molecule has 0 aromatic heterocycles. The molecule has 0 saturated carbocycles. The summed E-state index contributed by atoms with van der Waals surface area (Å²) in [5.41, 5.74) is 0. The summed E-state index contributed by atoms with van der Waals surface area (Å²) in [5.74, 6) is -3.15. The Kier molecular flexibility index (Phi) is 3.88. The molecule has 1 amide bonds. The number of aliphatic hydroxyl groups is 1. The molecule has 0 atom stereocenters. The molecular formula is C6H11F2NO3. The highest BCUT2D eigenvalue weighted by molar-refractivity contribution is 5.64. The van der Waals surface area contributed by atoms with Crippen LogP contribution in [0.25, 0.3) is 0 Å². The molecule has 0 aliphatic carbocycles. The largest absolute Gasteiger partial charge is 0.465 e. The summed E-state index contributed by atoms with van der Waals surface area (Å²) in [6, 6.07) is 0. The number of alkyl halides is 2. The summed E-state index contributed by atoms with van der Waals surface area (Å²) in [7, 11) is 1.05. The lowest BCUT2D eigenvalue weighted by Crippen LogP contribution is -2.37. The fraction of sp³-hybridized carbons (Fsp3) is 0.833. The van der Waals surface area contributed by atoms with Crippen LogP contribution in [0.2, 0.25) is 0 Å². The van der Waals surface area contributed by atoms with Crippen molar-refractivity contribution in [1.29, 1.82) is 0 Å². The second kappa shape index (κ2) is 4.20. The Morgan fingerprint density at radius 2 is 2.08 bits per heavy atom. The number of hydrogen-bond acceptors (Lipinski definition) is 2. The number of hydrogen-bond donors (Lipinski definition) is 2. The Hall–Kier alpha value is -0.910. The van der Waals surface area contributed by atoms with Crippen molar-refractivity contribution < 1.29 is 23.8 Å². The van der Waals surface area contributed by atoms with Crippen LogP contribution in [0.4, 0.5) is 13.6 Å². The quantitative estimate of drug-likeness (QED) is 0.671. The Morgan fingerprint density at radius 3 is 2.42 bits per heavy atom. The van der Waals surface area contributed by atoms with Crippen molar-refractivity contribution in [2.75, 3.05) is 20.2 Å². The van der Waals surface area contributed by atoms with E-state index in [1.165, 1.54) is 0 Å². The lowest BCUT2D eigenvalue weighted by molar-refractivity contribution is -0.0409. The first-order valence-electron chi connectivity index (χ1n) is 3.32. The number of aliphatic hydroxyl groups excluding tert-OH is 1. The molecule has 2 N–H and O–H groups in total. The zero-order chi connectivity index (χ0) is 9.78. The average molecular weight is 183 g/mol. The molecule has 0 rings (SSSR count). The smallest absolute Gasteiger partial charge is 0.407 e. The second-order valence-corrected chi connectivity index (χ2v) is 2.47. The van der Waals surface area contributed by atoms with Crippen LogP contribution in [-0.2, 0) is 0 Å². The molecule has 12 heavy (non-hydrogen) atoms. The molecular weight excluding hydrogens is 172 g/mol. The van der Waals surface area contributed by atoms with Gasteiger partial charge in [-0.05, 0) is 0 Å². The van der Waals surface area contributed by atoms with E-state index in [0.29, 0.717) is 4.90 Å². The van der Waals surface area contributed by atoms with Gasteiger partial charge in [0.25, 0.3) is 5.92 Å². The third-order valence-corrected chi connectivity index (χ3v) is 1.27. The summed E-state index contributed by atoms with van der Waals surface area (Å²) < 4.78 is 25.1. The van der Waals surface area contributed by atoms with Gasteiger partial charge in [0.1, 0.15) is 0 Å². The Labute approximate surface area is 68.4 Å². The van der Waals surface area contributed by atoms with E-state index in [0.717, 1.165) is 7.05 Å². The Balaban J connectivity index is 3.95. The van der Waals surface area contributed by atoms with Gasteiger partial charge in [0.05, 0.1) is 6.54 Å². The van der Waals surface area contributed by atoms with Crippen molar-refractivity contribution in [1.82, 2.24) is 4.90 Å². The van der Waals surface area contributed by atoms with E-state index in [9.17, 15) is 13.6 Å². The molecule has 72 valence electrons. The molecule has 4 nitrogen and oxygen atoms in total. The van der Waals surface area contributed by atoms with Crippen LogP contribution in [0.3, 0.4) is 0 Å². The lowest BCUT2D eigenvalue weighted by atomic mass is 10.2. The maximum atomic E-state index is 12.6. The summed E-state index contributed by atoms with van der Waals surface area (Å²) >= 11 is 0. The highest BCUT2D eigenvalue weighted by Crippen LogP contribution is 2.18. The summed E-state index contributed by atoms with van der Waals surface area (Å²) in [6.07, 6.45) is -2.13. The first-order valence-corrected chi connectivity index (χ1v) is 3.32. The van der Waals surface area contributed by atoms with Crippen LogP contribution in [-0.4, -0.2) is 47.3 Å². The van der Waals surface area contributed by atoms with Crippen LogP contribution in [0, 0.1) is 0 Å². The van der Waals surface area contributed by atoms with Crippen molar-refractivity contribution >= 4 is 6.09 Å². The van der Waals surface area contributed by atoms with Crippen molar-refractivity contribution in [3.8, 4) is 0 Å². The van der Waals surface area contributed by atoms with Crippen LogP contribution >= 0.6 is 0 Å². The van der Waals surface area contributed by atoms with Gasteiger partial charge in [-0.1, -0.05) is 0 Å². The molecule has 6 heteroatoms. The third kappa shape index (κ3) is 4.07. The molecule has 0 saturated heterocycles. The van der Waals surface area contributed by atoms with Gasteiger partial charge in [0, 0.05) is 20.1 Å². The fourth-order valence-electron chi connectivity index (χ4n) is 0.657. The van der Waals surface area contributed by atoms with E-state index < -0.39 is 31.6 Å². The lowest BCUT2D eigenvalue weighted by Gasteiger charge is -2.20. The van der Waals surface area contributed by atoms with Crippen molar-refractivity contribution in [3.63, 3.8) is 0 Å². The number of nitrogens with zero attached hydrogens (tertiary/aromatic N) is 1. The van der Waals surface area contributed by atoms with Gasteiger partial charge < -0.3 is 15.1 Å². The molecule has 0 spiro atoms. The first-order chi connectivity index (χ1) is 5.39. The van der Waals surface area contributed by atoms with Gasteiger partial charge in [0.15, 0.2) is 0 Å². The Morgan fingerprint density at radius 1 is 1.58 bits per heavy atom. The van der Waals surface area contributed by atoms with E-state index >= 15 is 0 Å². The number of rotatable bonds is 4. The summed E-state index contributed by atoms with van der Waals surface area (Å²) in [6.45, 7) is -1.54. The van der Waals surface area contributed by atoms with Crippen LogP contribution in [0.5, 0.6) is 0 Å². The monoisotopic (exact) mass is 183 g/mol. The fourth-order valence-corrected chi connectivity index (χ4v) is 0.657. The van der Waals surface area contributed by atoms with Crippen molar-refractivity contribution in [3.05, 3.63) is 0 Å². The molecule has 0 aliphatic heterocycles.